The molecule has 17 heavy (non-hydrogen) atoms. The van der Waals surface area contributed by atoms with Gasteiger partial charge in [0, 0.05) is 10.5 Å². The minimum absolute atomic E-state index is 0.0117. The first kappa shape index (κ1) is 11.6. The van der Waals surface area contributed by atoms with E-state index in [-0.39, 0.29) is 11.5 Å². The van der Waals surface area contributed by atoms with Crippen LogP contribution in [0.2, 0.25) is 0 Å². The minimum Gasteiger partial charge on any atom is -0.508 e. The second-order valence-electron chi connectivity index (χ2n) is 3.32. The maximum Gasteiger partial charge on any atom is 0.146 e. The Morgan fingerprint density at radius 3 is 2.29 bits per heavy atom. The lowest BCUT2D eigenvalue weighted by Gasteiger charge is -1.99. The SMILES string of the molecule is Oc1ccc(N=Nc2ccccc2Br)c(O)c1. The molecule has 0 atom stereocenters. The van der Waals surface area contributed by atoms with Gasteiger partial charge in [-0.05, 0) is 40.2 Å². The Labute approximate surface area is 106 Å². The van der Waals surface area contributed by atoms with Gasteiger partial charge in [-0.15, -0.1) is 10.2 Å². The van der Waals surface area contributed by atoms with Gasteiger partial charge in [0.25, 0.3) is 0 Å². The van der Waals surface area contributed by atoms with Crippen LogP contribution in [0.4, 0.5) is 11.4 Å². The first-order valence-corrected chi connectivity index (χ1v) is 5.64. The van der Waals surface area contributed by atoms with Gasteiger partial charge in [-0.2, -0.15) is 0 Å². The zero-order chi connectivity index (χ0) is 12.3. The largest absolute Gasteiger partial charge is 0.508 e. The molecular weight excluding hydrogens is 284 g/mol. The van der Waals surface area contributed by atoms with Crippen LogP contribution in [-0.2, 0) is 0 Å². The van der Waals surface area contributed by atoms with Gasteiger partial charge in [-0.1, -0.05) is 12.1 Å². The molecule has 0 spiro atoms. The van der Waals surface area contributed by atoms with Crippen LogP contribution < -0.4 is 0 Å². The molecule has 2 aromatic rings. The van der Waals surface area contributed by atoms with Crippen LogP contribution in [-0.4, -0.2) is 10.2 Å². The van der Waals surface area contributed by atoms with E-state index >= 15 is 0 Å². The highest BCUT2D eigenvalue weighted by Crippen LogP contribution is 2.32. The van der Waals surface area contributed by atoms with Crippen LogP contribution in [0, 0.1) is 0 Å². The van der Waals surface area contributed by atoms with Gasteiger partial charge in [-0.3, -0.25) is 0 Å². The molecule has 2 aromatic carbocycles. The lowest BCUT2D eigenvalue weighted by Crippen LogP contribution is -1.69. The Hall–Kier alpha value is -1.88. The predicted octanol–water partition coefficient (Wildman–Crippen LogP) is 4.28. The normalized spacial score (nSPS) is 10.9. The number of rotatable bonds is 2. The topological polar surface area (TPSA) is 65.2 Å². The fourth-order valence-electron chi connectivity index (χ4n) is 1.24. The number of nitrogens with zero attached hydrogens (tertiary/aromatic N) is 2. The summed E-state index contributed by atoms with van der Waals surface area (Å²) in [7, 11) is 0. The highest BCUT2D eigenvalue weighted by Gasteiger charge is 2.01. The zero-order valence-electron chi connectivity index (χ0n) is 8.71. The van der Waals surface area contributed by atoms with Gasteiger partial charge in [0.2, 0.25) is 0 Å². The smallest absolute Gasteiger partial charge is 0.146 e. The van der Waals surface area contributed by atoms with Gasteiger partial charge in [0.05, 0.1) is 5.69 Å². The van der Waals surface area contributed by atoms with Crippen LogP contribution in [0.1, 0.15) is 0 Å². The van der Waals surface area contributed by atoms with E-state index in [9.17, 15) is 5.11 Å². The molecule has 0 bridgehead atoms. The van der Waals surface area contributed by atoms with Crippen molar-refractivity contribution in [3.63, 3.8) is 0 Å². The van der Waals surface area contributed by atoms with Crippen molar-refractivity contribution in [2.24, 2.45) is 10.2 Å². The zero-order valence-corrected chi connectivity index (χ0v) is 10.3. The Kier molecular flexibility index (Phi) is 3.39. The third-order valence-electron chi connectivity index (χ3n) is 2.08. The van der Waals surface area contributed by atoms with Crippen LogP contribution in [0.15, 0.2) is 57.2 Å². The van der Waals surface area contributed by atoms with E-state index in [0.29, 0.717) is 11.4 Å². The summed E-state index contributed by atoms with van der Waals surface area (Å²) < 4.78 is 0.821. The summed E-state index contributed by atoms with van der Waals surface area (Å²) in [6.07, 6.45) is 0. The molecular formula is C12H9BrN2O2. The van der Waals surface area contributed by atoms with Crippen LogP contribution in [0.5, 0.6) is 11.5 Å². The summed E-state index contributed by atoms with van der Waals surface area (Å²) in [5.41, 5.74) is 0.971. The number of halogens is 1. The molecule has 0 aromatic heterocycles. The van der Waals surface area contributed by atoms with Crippen molar-refractivity contribution in [1.82, 2.24) is 0 Å². The quantitative estimate of drug-likeness (QED) is 0.812. The monoisotopic (exact) mass is 292 g/mol. The molecule has 86 valence electrons. The van der Waals surface area contributed by atoms with Gasteiger partial charge >= 0.3 is 0 Å². The second-order valence-corrected chi connectivity index (χ2v) is 4.18. The van der Waals surface area contributed by atoms with E-state index in [2.05, 4.69) is 26.2 Å². The molecule has 0 saturated carbocycles. The van der Waals surface area contributed by atoms with E-state index in [0.717, 1.165) is 4.47 Å². The molecule has 2 rings (SSSR count). The third-order valence-corrected chi connectivity index (χ3v) is 2.75. The van der Waals surface area contributed by atoms with Crippen molar-refractivity contribution in [1.29, 1.82) is 0 Å². The van der Waals surface area contributed by atoms with Crippen molar-refractivity contribution in [2.45, 2.75) is 0 Å². The van der Waals surface area contributed by atoms with Crippen LogP contribution in [0.3, 0.4) is 0 Å². The molecule has 0 aliphatic carbocycles. The van der Waals surface area contributed by atoms with Crippen molar-refractivity contribution >= 4 is 27.3 Å². The molecule has 0 radical (unpaired) electrons. The summed E-state index contributed by atoms with van der Waals surface area (Å²) in [6.45, 7) is 0. The molecule has 4 nitrogen and oxygen atoms in total. The first-order valence-electron chi connectivity index (χ1n) is 4.85. The van der Waals surface area contributed by atoms with E-state index in [1.54, 1.807) is 6.07 Å². The number of benzene rings is 2. The Bertz CT molecular complexity index is 570. The Morgan fingerprint density at radius 2 is 1.59 bits per heavy atom. The summed E-state index contributed by atoms with van der Waals surface area (Å²) in [4.78, 5) is 0. The molecule has 2 N–H and O–H groups in total. The summed E-state index contributed by atoms with van der Waals surface area (Å²) in [6, 6.07) is 11.5. The fourth-order valence-corrected chi connectivity index (χ4v) is 1.60. The second kappa shape index (κ2) is 4.97. The summed E-state index contributed by atoms with van der Waals surface area (Å²) >= 11 is 3.34. The van der Waals surface area contributed by atoms with E-state index in [1.165, 1.54) is 18.2 Å². The molecule has 5 heteroatoms. The Morgan fingerprint density at radius 1 is 0.882 bits per heavy atom. The predicted molar refractivity (Wildman–Crippen MR) is 68.1 cm³/mol. The molecule has 0 aliphatic rings. The lowest BCUT2D eigenvalue weighted by molar-refractivity contribution is 0.451. The lowest BCUT2D eigenvalue weighted by atomic mass is 10.3. The van der Waals surface area contributed by atoms with Gasteiger partial charge in [0.1, 0.15) is 17.2 Å². The van der Waals surface area contributed by atoms with E-state index in [1.807, 2.05) is 18.2 Å². The van der Waals surface area contributed by atoms with Crippen LogP contribution >= 0.6 is 15.9 Å². The molecule has 0 fully saturated rings. The van der Waals surface area contributed by atoms with Crippen molar-refractivity contribution < 1.29 is 10.2 Å². The minimum atomic E-state index is -0.110. The average molecular weight is 293 g/mol. The molecule has 0 saturated heterocycles. The van der Waals surface area contributed by atoms with Gasteiger partial charge in [0.15, 0.2) is 0 Å². The highest BCUT2D eigenvalue weighted by atomic mass is 79.9. The maximum absolute atomic E-state index is 9.51. The molecule has 0 heterocycles. The van der Waals surface area contributed by atoms with Gasteiger partial charge < -0.3 is 10.2 Å². The van der Waals surface area contributed by atoms with Gasteiger partial charge in [-0.25, -0.2) is 0 Å². The Balaban J connectivity index is 2.29. The molecule has 0 unspecified atom stereocenters. The average Bonchev–Trinajstić information content (AvgIpc) is 2.30. The molecule has 0 amide bonds. The van der Waals surface area contributed by atoms with Crippen molar-refractivity contribution in [3.05, 3.63) is 46.9 Å². The molecule has 0 aliphatic heterocycles. The third kappa shape index (κ3) is 2.82. The first-order chi connectivity index (χ1) is 8.16. The number of phenols is 2. The number of phenolic OH excluding ortho intramolecular Hbond substituents is 2. The number of azo groups is 1. The number of hydrogen-bond acceptors (Lipinski definition) is 4. The van der Waals surface area contributed by atoms with E-state index in [4.69, 9.17) is 5.11 Å². The standard InChI is InChI=1S/C12H9BrN2O2/c13-9-3-1-2-4-10(9)14-15-11-6-5-8(16)7-12(11)17/h1-7,16-17H. The summed E-state index contributed by atoms with van der Waals surface area (Å²) in [5.74, 6) is -0.122. The van der Waals surface area contributed by atoms with Crippen molar-refractivity contribution in [2.75, 3.05) is 0 Å². The van der Waals surface area contributed by atoms with E-state index < -0.39 is 0 Å². The summed E-state index contributed by atoms with van der Waals surface area (Å²) in [5, 5.41) is 26.6. The highest BCUT2D eigenvalue weighted by molar-refractivity contribution is 9.10. The van der Waals surface area contributed by atoms with Crippen LogP contribution in [0.25, 0.3) is 0 Å². The number of hydrogen-bond donors (Lipinski definition) is 2. The maximum atomic E-state index is 9.51. The number of aromatic hydroxyl groups is 2. The fraction of sp³-hybridized carbons (Fsp3) is 0. The van der Waals surface area contributed by atoms with Crippen molar-refractivity contribution in [3.8, 4) is 11.5 Å².